The van der Waals surface area contributed by atoms with Gasteiger partial charge in [0, 0.05) is 11.6 Å². The summed E-state index contributed by atoms with van der Waals surface area (Å²) in [6.45, 7) is 4.66. The highest BCUT2D eigenvalue weighted by molar-refractivity contribution is 9.10. The fraction of sp³-hybridized carbons (Fsp3) is 0.267. The Morgan fingerprint density at radius 1 is 1.19 bits per heavy atom. The minimum Gasteiger partial charge on any atom is -0.490 e. The maximum atomic E-state index is 12.4. The summed E-state index contributed by atoms with van der Waals surface area (Å²) in [5.74, 6) is 0.893. The molecule has 0 amide bonds. The normalized spacial score (nSPS) is 10.5. The van der Waals surface area contributed by atoms with Gasteiger partial charge >= 0.3 is 0 Å². The van der Waals surface area contributed by atoms with Crippen LogP contribution in [0.4, 0.5) is 0 Å². The van der Waals surface area contributed by atoms with E-state index in [2.05, 4.69) is 15.9 Å². The lowest BCUT2D eigenvalue weighted by molar-refractivity contribution is 0.101. The number of rotatable bonds is 6. The SMILES string of the molecule is CCOc1cc(Cl)c(C(=O)c2ccc(Br)o2)cc1OCC. The van der Waals surface area contributed by atoms with Crippen LogP contribution in [0.3, 0.4) is 0 Å². The van der Waals surface area contributed by atoms with E-state index in [0.29, 0.717) is 40.0 Å². The van der Waals surface area contributed by atoms with E-state index in [1.165, 1.54) is 0 Å². The Morgan fingerprint density at radius 2 is 1.81 bits per heavy atom. The number of hydrogen-bond acceptors (Lipinski definition) is 4. The van der Waals surface area contributed by atoms with Gasteiger partial charge in [0.15, 0.2) is 21.9 Å². The van der Waals surface area contributed by atoms with Crippen LogP contribution >= 0.6 is 27.5 Å². The third-order valence-corrected chi connectivity index (χ3v) is 3.41. The van der Waals surface area contributed by atoms with E-state index in [1.807, 2.05) is 13.8 Å². The highest BCUT2D eigenvalue weighted by Gasteiger charge is 2.20. The van der Waals surface area contributed by atoms with Crippen LogP contribution in [0.25, 0.3) is 0 Å². The third-order valence-electron chi connectivity index (χ3n) is 2.67. The van der Waals surface area contributed by atoms with Gasteiger partial charge in [0.05, 0.1) is 18.2 Å². The molecule has 1 heterocycles. The monoisotopic (exact) mass is 372 g/mol. The van der Waals surface area contributed by atoms with Crippen molar-refractivity contribution < 1.29 is 18.7 Å². The summed E-state index contributed by atoms with van der Waals surface area (Å²) in [5.41, 5.74) is 0.311. The first kappa shape index (κ1) is 15.9. The zero-order chi connectivity index (χ0) is 15.4. The molecule has 0 bridgehead atoms. The van der Waals surface area contributed by atoms with Crippen LogP contribution in [-0.4, -0.2) is 19.0 Å². The minimum absolute atomic E-state index is 0.204. The van der Waals surface area contributed by atoms with Crippen LogP contribution in [0.1, 0.15) is 30.0 Å². The number of halogens is 2. The van der Waals surface area contributed by atoms with E-state index < -0.39 is 0 Å². The van der Waals surface area contributed by atoms with Crippen LogP contribution in [0, 0.1) is 0 Å². The zero-order valence-electron chi connectivity index (χ0n) is 11.6. The Bertz CT molecular complexity index is 651. The van der Waals surface area contributed by atoms with E-state index in [4.69, 9.17) is 25.5 Å². The molecule has 0 N–H and O–H groups in total. The van der Waals surface area contributed by atoms with Gasteiger partial charge in [-0.3, -0.25) is 4.79 Å². The van der Waals surface area contributed by atoms with Crippen molar-refractivity contribution in [1.29, 1.82) is 0 Å². The number of ether oxygens (including phenoxy) is 2. The lowest BCUT2D eigenvalue weighted by atomic mass is 10.1. The summed E-state index contributed by atoms with van der Waals surface area (Å²) in [6.07, 6.45) is 0. The molecular weight excluding hydrogens is 360 g/mol. The summed E-state index contributed by atoms with van der Waals surface area (Å²) in [6, 6.07) is 6.40. The molecule has 0 fully saturated rings. The molecule has 1 aromatic heterocycles. The number of carbonyl (C=O) groups is 1. The Balaban J connectivity index is 2.43. The molecule has 2 rings (SSSR count). The molecule has 0 saturated carbocycles. The van der Waals surface area contributed by atoms with Gasteiger partial charge in [-0.1, -0.05) is 11.6 Å². The van der Waals surface area contributed by atoms with Crippen LogP contribution < -0.4 is 9.47 Å². The molecule has 1 aromatic carbocycles. The van der Waals surface area contributed by atoms with Crippen LogP contribution in [0.15, 0.2) is 33.4 Å². The van der Waals surface area contributed by atoms with Gasteiger partial charge in [-0.2, -0.15) is 0 Å². The predicted molar refractivity (Wildman–Crippen MR) is 83.6 cm³/mol. The Kier molecular flexibility index (Phi) is 5.31. The van der Waals surface area contributed by atoms with E-state index in [9.17, 15) is 4.79 Å². The van der Waals surface area contributed by atoms with E-state index in [1.54, 1.807) is 24.3 Å². The second-order valence-electron chi connectivity index (χ2n) is 4.08. The van der Waals surface area contributed by atoms with Gasteiger partial charge in [0.2, 0.25) is 5.78 Å². The largest absolute Gasteiger partial charge is 0.490 e. The number of hydrogen-bond donors (Lipinski definition) is 0. The average Bonchev–Trinajstić information content (AvgIpc) is 2.88. The smallest absolute Gasteiger partial charge is 0.229 e. The van der Waals surface area contributed by atoms with Gasteiger partial charge < -0.3 is 13.9 Å². The average molecular weight is 374 g/mol. The third kappa shape index (κ3) is 3.60. The summed E-state index contributed by atoms with van der Waals surface area (Å²) in [4.78, 5) is 12.4. The molecule has 4 nitrogen and oxygen atoms in total. The first-order valence-electron chi connectivity index (χ1n) is 6.46. The second kappa shape index (κ2) is 7.00. The van der Waals surface area contributed by atoms with E-state index in [0.717, 1.165) is 0 Å². The number of furan rings is 1. The molecule has 0 radical (unpaired) electrons. The quantitative estimate of drug-likeness (QED) is 0.687. The van der Waals surface area contributed by atoms with Crippen molar-refractivity contribution in [2.45, 2.75) is 13.8 Å². The molecule has 2 aromatic rings. The maximum Gasteiger partial charge on any atom is 0.229 e. The molecule has 0 aliphatic carbocycles. The highest BCUT2D eigenvalue weighted by Crippen LogP contribution is 2.35. The Hall–Kier alpha value is -1.46. The molecule has 0 saturated heterocycles. The van der Waals surface area contributed by atoms with Crippen molar-refractivity contribution in [3.8, 4) is 11.5 Å². The lowest BCUT2D eigenvalue weighted by Gasteiger charge is -2.13. The van der Waals surface area contributed by atoms with Crippen molar-refractivity contribution >= 4 is 33.3 Å². The molecule has 0 aliphatic heterocycles. The summed E-state index contributed by atoms with van der Waals surface area (Å²) < 4.78 is 16.7. The van der Waals surface area contributed by atoms with Crippen molar-refractivity contribution in [3.63, 3.8) is 0 Å². The fourth-order valence-corrected chi connectivity index (χ4v) is 2.36. The molecule has 0 atom stereocenters. The molecule has 21 heavy (non-hydrogen) atoms. The molecular formula is C15H14BrClO4. The van der Waals surface area contributed by atoms with Crippen molar-refractivity contribution in [1.82, 2.24) is 0 Å². The van der Waals surface area contributed by atoms with Gasteiger partial charge in [-0.15, -0.1) is 0 Å². The standard InChI is InChI=1S/C15H14BrClO4/c1-3-19-12-7-9(10(17)8-13(12)20-4-2)15(18)11-5-6-14(16)21-11/h5-8H,3-4H2,1-2H3. The van der Waals surface area contributed by atoms with Crippen LogP contribution in [0.5, 0.6) is 11.5 Å². The number of ketones is 1. The fourth-order valence-electron chi connectivity index (χ4n) is 1.81. The first-order valence-corrected chi connectivity index (χ1v) is 7.63. The number of carbonyl (C=O) groups excluding carboxylic acids is 1. The van der Waals surface area contributed by atoms with E-state index in [-0.39, 0.29) is 11.5 Å². The number of benzene rings is 1. The van der Waals surface area contributed by atoms with Crippen molar-refractivity contribution in [2.75, 3.05) is 13.2 Å². The summed E-state index contributed by atoms with van der Waals surface area (Å²) >= 11 is 9.35. The Labute approximate surface area is 136 Å². The van der Waals surface area contributed by atoms with Crippen molar-refractivity contribution in [2.24, 2.45) is 0 Å². The molecule has 0 unspecified atom stereocenters. The molecule has 0 aliphatic rings. The molecule has 0 spiro atoms. The van der Waals surface area contributed by atoms with E-state index >= 15 is 0 Å². The van der Waals surface area contributed by atoms with Gasteiger partial charge in [-0.25, -0.2) is 0 Å². The second-order valence-corrected chi connectivity index (χ2v) is 5.27. The summed E-state index contributed by atoms with van der Waals surface area (Å²) in [7, 11) is 0. The van der Waals surface area contributed by atoms with Crippen LogP contribution in [-0.2, 0) is 0 Å². The highest BCUT2D eigenvalue weighted by atomic mass is 79.9. The van der Waals surface area contributed by atoms with Crippen molar-refractivity contribution in [3.05, 3.63) is 45.3 Å². The van der Waals surface area contributed by atoms with Crippen LogP contribution in [0.2, 0.25) is 5.02 Å². The van der Waals surface area contributed by atoms with Gasteiger partial charge in [-0.05, 0) is 48.0 Å². The van der Waals surface area contributed by atoms with Gasteiger partial charge in [0.1, 0.15) is 0 Å². The topological polar surface area (TPSA) is 48.7 Å². The minimum atomic E-state index is -0.310. The maximum absolute atomic E-state index is 12.4. The predicted octanol–water partition coefficient (Wildman–Crippen LogP) is 4.72. The summed E-state index contributed by atoms with van der Waals surface area (Å²) in [5, 5.41) is 0.291. The first-order chi connectivity index (χ1) is 10.1. The Morgan fingerprint density at radius 3 is 2.33 bits per heavy atom. The zero-order valence-corrected chi connectivity index (χ0v) is 14.0. The lowest BCUT2D eigenvalue weighted by Crippen LogP contribution is -2.04. The van der Waals surface area contributed by atoms with Gasteiger partial charge in [0.25, 0.3) is 0 Å². The molecule has 6 heteroatoms. The molecule has 112 valence electrons.